The summed E-state index contributed by atoms with van der Waals surface area (Å²) >= 11 is 6.57. The second-order valence-corrected chi connectivity index (χ2v) is 33.2. The first kappa shape index (κ1) is 78.7. The summed E-state index contributed by atoms with van der Waals surface area (Å²) in [7, 11) is 0. The van der Waals surface area contributed by atoms with E-state index in [1.807, 2.05) is 151 Å². The zero-order chi connectivity index (χ0) is 71.8. The van der Waals surface area contributed by atoms with E-state index in [4.69, 9.17) is 25.2 Å². The molecular weight excluding hydrogens is 1490 g/mol. The number of rotatable bonds is 9. The number of halogens is 1. The maximum atomic E-state index is 12.5. The number of nitrogens with two attached hydrogens (primary N) is 1. The number of carbonyl (C=O) groups is 2. The number of nitrogens with one attached hydrogen (secondary N) is 2. The van der Waals surface area contributed by atoms with Crippen LogP contribution in [0.15, 0.2) is 154 Å². The minimum Gasteiger partial charge on any atom is -0.813 e. The number of carbonyl (C=O) groups excluding carboxylic acids is 2. The second kappa shape index (κ2) is 33.2. The Hall–Kier alpha value is -7.85. The number of amides is 2. The third kappa shape index (κ3) is 17.0. The van der Waals surface area contributed by atoms with E-state index >= 15 is 0 Å². The minimum absolute atomic E-state index is 0. The molecule has 0 bridgehead atoms. The van der Waals surface area contributed by atoms with E-state index in [1.165, 1.54) is 19.3 Å². The molecule has 15 heterocycles. The zero-order valence-corrected chi connectivity index (χ0v) is 67.1. The van der Waals surface area contributed by atoms with E-state index in [0.717, 1.165) is 192 Å². The van der Waals surface area contributed by atoms with Crippen molar-refractivity contribution < 1.29 is 48.6 Å². The van der Waals surface area contributed by atoms with Crippen LogP contribution in [0.5, 0.6) is 0 Å². The third-order valence-corrected chi connectivity index (χ3v) is 24.3. The summed E-state index contributed by atoms with van der Waals surface area (Å²) in [5, 5.41) is 30.5. The number of hydrogen-bond donors (Lipinski definition) is 3. The van der Waals surface area contributed by atoms with Crippen molar-refractivity contribution in [2.24, 2.45) is 22.0 Å². The molecule has 3 saturated heterocycles. The number of alkyl carbamates (subject to hydrolysis) is 2. The van der Waals surface area contributed by atoms with Crippen LogP contribution >= 0.6 is 39.5 Å². The van der Waals surface area contributed by atoms with E-state index in [-0.39, 0.29) is 85.6 Å². The number of nitrogens with zero attached hydrogens (tertiary/aromatic N) is 21. The largest absolute Gasteiger partial charge is 1.00 e. The third-order valence-electron chi connectivity index (χ3n) is 21.6. The molecule has 3 aliphatic carbocycles. The molecule has 107 heavy (non-hydrogen) atoms. The molecule has 3 atom stereocenters. The van der Waals surface area contributed by atoms with Crippen LogP contribution in [0.25, 0.3) is 33.9 Å². The van der Waals surface area contributed by atoms with Crippen molar-refractivity contribution in [3.63, 3.8) is 0 Å². The Labute approximate surface area is 668 Å². The van der Waals surface area contributed by atoms with Gasteiger partial charge in [0, 0.05) is 126 Å². The summed E-state index contributed by atoms with van der Waals surface area (Å²) in [6, 6.07) is 15.7. The molecule has 0 unspecified atom stereocenters. The fourth-order valence-corrected chi connectivity index (χ4v) is 18.7. The average molecular weight is 1580 g/mol. The molecule has 12 aromatic heterocycles. The average Bonchev–Trinajstić information content (AvgIpc) is 1.74. The Morgan fingerprint density at radius 2 is 0.916 bits per heavy atom. The van der Waals surface area contributed by atoms with Crippen LogP contribution in [0.3, 0.4) is 0 Å². The van der Waals surface area contributed by atoms with Crippen molar-refractivity contribution in [3.8, 4) is 0 Å². The van der Waals surface area contributed by atoms with Gasteiger partial charge in [-0.1, -0.05) is 50.2 Å². The first-order valence-electron chi connectivity index (χ1n) is 36.0. The van der Waals surface area contributed by atoms with Crippen LogP contribution < -0.4 is 60.6 Å². The normalized spacial score (nSPS) is 19.4. The van der Waals surface area contributed by atoms with Gasteiger partial charge in [-0.05, 0) is 193 Å². The van der Waals surface area contributed by atoms with E-state index in [9.17, 15) is 9.59 Å². The van der Waals surface area contributed by atoms with Crippen LogP contribution in [0, 0.1) is 22.3 Å². The summed E-state index contributed by atoms with van der Waals surface area (Å²) in [5.74, 6) is 2.79. The molecule has 0 radical (unpaired) electrons. The molecular formula is C74H93BrN24NaO4S3-. The van der Waals surface area contributed by atoms with Crippen molar-refractivity contribution in [3.05, 3.63) is 140 Å². The Kier molecular flexibility index (Phi) is 24.4. The minimum atomic E-state index is -0.493. The van der Waals surface area contributed by atoms with Gasteiger partial charge in [-0.3, -0.25) is 32.0 Å². The summed E-state index contributed by atoms with van der Waals surface area (Å²) in [6.45, 7) is 17.0. The number of pyridine rings is 3. The van der Waals surface area contributed by atoms with Gasteiger partial charge < -0.3 is 64.5 Å². The summed E-state index contributed by atoms with van der Waals surface area (Å²) in [5.41, 5.74) is 11.2. The summed E-state index contributed by atoms with van der Waals surface area (Å²) in [4.78, 5) is 63.7. The van der Waals surface area contributed by atoms with Gasteiger partial charge in [0.2, 0.25) is 17.8 Å². The van der Waals surface area contributed by atoms with Gasteiger partial charge in [0.1, 0.15) is 30.2 Å². The molecule has 3 aliphatic heterocycles. The molecule has 0 aromatic carbocycles. The Balaban J connectivity index is 0.000000140. The predicted molar refractivity (Wildman–Crippen MR) is 416 cm³/mol. The Bertz CT molecular complexity index is 5010. The number of imidazole rings is 3. The number of ether oxygens (including phenoxy) is 2. The van der Waals surface area contributed by atoms with Gasteiger partial charge in [-0.25, -0.2) is 29.5 Å². The first-order valence-corrected chi connectivity index (χ1v) is 38.4. The molecule has 560 valence electrons. The summed E-state index contributed by atoms with van der Waals surface area (Å²) in [6.07, 6.45) is 44.0. The topological polar surface area (TPSA) is 294 Å². The van der Waals surface area contributed by atoms with Crippen LogP contribution in [0.4, 0.5) is 27.4 Å². The van der Waals surface area contributed by atoms with Gasteiger partial charge in [-0.15, -0.1) is 36.8 Å². The number of aromatic nitrogens is 18. The zero-order valence-electron chi connectivity index (χ0n) is 60.9. The molecule has 3 spiro atoms. The smallest absolute Gasteiger partial charge is 0.813 e. The second-order valence-electron chi connectivity index (χ2n) is 30.1. The molecule has 18 rings (SSSR count). The van der Waals surface area contributed by atoms with Gasteiger partial charge >= 0.3 is 41.7 Å². The van der Waals surface area contributed by atoms with Crippen molar-refractivity contribution in [1.82, 2.24) is 97.5 Å². The molecule has 6 fully saturated rings. The molecule has 28 nitrogen and oxygen atoms in total. The summed E-state index contributed by atoms with van der Waals surface area (Å²) < 4.78 is 23.8. The fourth-order valence-electron chi connectivity index (χ4n) is 16.3. The van der Waals surface area contributed by atoms with Crippen molar-refractivity contribution in [1.29, 1.82) is 0 Å². The molecule has 33 heteroatoms. The monoisotopic (exact) mass is 1580 g/mol. The number of fused-ring (bicyclic) bond motifs is 6. The van der Waals surface area contributed by atoms with Crippen LogP contribution in [-0.2, 0) is 23.0 Å². The van der Waals surface area contributed by atoms with Gasteiger partial charge in [0.25, 0.3) is 0 Å². The maximum absolute atomic E-state index is 12.5. The van der Waals surface area contributed by atoms with Crippen molar-refractivity contribution in [2.45, 2.75) is 194 Å². The quantitative estimate of drug-likeness (QED) is 0.0524. The van der Waals surface area contributed by atoms with Crippen molar-refractivity contribution in [2.75, 3.05) is 54.0 Å². The van der Waals surface area contributed by atoms with Crippen LogP contribution in [-0.4, -0.2) is 168 Å². The number of piperidine rings is 3. The number of thiol groups is 1. The standard InChI is InChI=1S/C26H32N8O2S.C21H24N8S.C20H28N5O2.C6H4BrN3.CH4.Na.H2S/c1-25(2,3)36-24(35)30-20-7-4-8-26(20)9-13-32(14-10-26)23-28-16-19(21-27-11-15-34(21)23)37-18-6-5-12-33-17-29-31-22(18)33;22-17-4-1-5-21(17)6-10-27(11-7-21)20-24-13-16(18-23-8-12-29(18)20)30-15-3-2-9-28-14-25-26-19(15)28;1-19(2,3)27-18(26)23-15-5-4-7-20(15)8-12-24(13-9-20)17-22-10-6-16-21-11-14-25(16)17;7-5-2-1-3-10-4-8-9-6(5)10;;;/h5-6,11-12,15-17,20H,4,7-10,13-14H2,1-3H3,(H,30,35);2-3,8-9,12-14,17H,1,4-7,10-11,22H2;10-11,14-15H,4-5,7-9,12-13H2,1-3H3,(H,23,26);1-4H;1H4;;1H2/q;;-1;;;+1;/p-1/t20-;17-;15-;;;;/m111..../s1. The molecule has 3 saturated carbocycles. The molecule has 6 aliphatic rings. The van der Waals surface area contributed by atoms with Gasteiger partial charge in [-0.2, -0.15) is 0 Å². The van der Waals surface area contributed by atoms with E-state index < -0.39 is 11.2 Å². The molecule has 2 amide bonds. The Morgan fingerprint density at radius 3 is 1.36 bits per heavy atom. The fraction of sp³-hybridized carbons (Fsp3) is 0.486. The number of hydrogen-bond acceptors (Lipinski definition) is 23. The van der Waals surface area contributed by atoms with E-state index in [1.54, 1.807) is 54.9 Å². The maximum Gasteiger partial charge on any atom is 1.00 e. The first-order chi connectivity index (χ1) is 50.3. The van der Waals surface area contributed by atoms with Gasteiger partial charge in [0.15, 0.2) is 28.2 Å². The van der Waals surface area contributed by atoms with Crippen LogP contribution in [0.2, 0.25) is 0 Å². The van der Waals surface area contributed by atoms with E-state index in [0.29, 0.717) is 11.5 Å². The number of anilines is 3. The Morgan fingerprint density at radius 1 is 0.514 bits per heavy atom. The van der Waals surface area contributed by atoms with Crippen molar-refractivity contribution >= 4 is 117 Å². The van der Waals surface area contributed by atoms with Gasteiger partial charge in [0.05, 0.1) is 24.1 Å². The van der Waals surface area contributed by atoms with E-state index in [2.05, 4.69) is 113 Å². The predicted octanol–water partition coefficient (Wildman–Crippen LogP) is 9.66. The molecule has 12 aromatic rings. The SMILES string of the molecule is Brc1cccn2cnnc12.C.CC(C)(C)OC(=O)N[C@@H]1CCCC12CCN(c1nc[c-]c3nccn13)CC2.CC(C)(C)OC(=O)N[C@@H]1CCCC12CCN(c1ncc(Sc3cccn4cnnc34)c3nccn13)CC2.N[C@@H]1CCCC12CCN(c1ncc(Sc3cccn4cnnc34)c3nccn13)CC2.[Na+].[SH-]. The molecule has 4 N–H and O–H groups in total. The van der Waals surface area contributed by atoms with Crippen LogP contribution in [0.1, 0.15) is 145 Å².